The van der Waals surface area contributed by atoms with Crippen molar-refractivity contribution in [2.24, 2.45) is 5.92 Å². The van der Waals surface area contributed by atoms with Crippen molar-refractivity contribution < 1.29 is 24.9 Å². The molecule has 1 aliphatic rings. The fraction of sp³-hybridized carbons (Fsp3) is 0.500. The lowest BCUT2D eigenvalue weighted by Gasteiger charge is -2.16. The summed E-state index contributed by atoms with van der Waals surface area (Å²) in [6, 6.07) is -1.11. The van der Waals surface area contributed by atoms with Gasteiger partial charge in [0, 0.05) is 0 Å². The zero-order chi connectivity index (χ0) is 16.0. The van der Waals surface area contributed by atoms with E-state index < -0.39 is 36.6 Å². The predicted molar refractivity (Wildman–Crippen MR) is 72.9 cm³/mol. The van der Waals surface area contributed by atoms with Gasteiger partial charge in [-0.3, -0.25) is 4.79 Å². The topological polar surface area (TPSA) is 157 Å². The first-order valence-corrected chi connectivity index (χ1v) is 6.54. The van der Waals surface area contributed by atoms with Crippen LogP contribution in [0.3, 0.4) is 0 Å². The van der Waals surface area contributed by atoms with E-state index in [1.54, 1.807) is 0 Å². The lowest BCUT2D eigenvalue weighted by Crippen LogP contribution is -2.30. The van der Waals surface area contributed by atoms with E-state index in [9.17, 15) is 20.1 Å². The fourth-order valence-corrected chi connectivity index (χ4v) is 2.73. The molecule has 0 aliphatic heterocycles. The van der Waals surface area contributed by atoms with Crippen LogP contribution in [0, 0.1) is 5.92 Å². The van der Waals surface area contributed by atoms with Gasteiger partial charge in [0.2, 0.25) is 11.8 Å². The van der Waals surface area contributed by atoms with E-state index in [0.29, 0.717) is 0 Å². The Morgan fingerprint density at radius 3 is 2.68 bits per heavy atom. The number of aromatic nitrogens is 4. The summed E-state index contributed by atoms with van der Waals surface area (Å²) in [6.07, 6.45) is -1.45. The summed E-state index contributed by atoms with van der Waals surface area (Å²) in [7, 11) is 1.39. The first-order chi connectivity index (χ1) is 10.5. The number of methoxy groups -OCH3 is 1. The number of fused-ring (bicyclic) bond motifs is 1. The van der Waals surface area contributed by atoms with Crippen molar-refractivity contribution in [2.75, 3.05) is 19.5 Å². The van der Waals surface area contributed by atoms with Crippen molar-refractivity contribution in [1.29, 1.82) is 0 Å². The first kappa shape index (κ1) is 14.6. The molecule has 0 aromatic carbocycles. The van der Waals surface area contributed by atoms with Gasteiger partial charge in [0.25, 0.3) is 0 Å². The summed E-state index contributed by atoms with van der Waals surface area (Å²) in [5, 5.41) is 29.2. The summed E-state index contributed by atoms with van der Waals surface area (Å²) < 4.78 is 6.36. The standard InChI is InChI=1S/C12H15N5O5/c1-22-11-5-10(15-12(13)16-11)17(3-14-5)6-7(19)4(2-18)8(20)9(6)21/h3-4,6,8-9,18,20-21H,2H2,1H3,(H2,13,15,16)/t4-,6-,8+,9-/m0/s1. The predicted octanol–water partition coefficient (Wildman–Crippen LogP) is -2.13. The van der Waals surface area contributed by atoms with Gasteiger partial charge in [0.1, 0.15) is 12.1 Å². The Labute approximate surface area is 124 Å². The summed E-state index contributed by atoms with van der Waals surface area (Å²) >= 11 is 0. The molecule has 0 bridgehead atoms. The molecule has 0 spiro atoms. The second-order valence-electron chi connectivity index (χ2n) is 5.03. The Bertz CT molecular complexity index is 732. The van der Waals surface area contributed by atoms with Crippen molar-refractivity contribution in [2.45, 2.75) is 18.2 Å². The molecule has 5 N–H and O–H groups in total. The maximum Gasteiger partial charge on any atom is 0.246 e. The average Bonchev–Trinajstić information content (AvgIpc) is 2.98. The number of imidazole rings is 1. The Balaban J connectivity index is 2.15. The third-order valence-electron chi connectivity index (χ3n) is 3.84. The lowest BCUT2D eigenvalue weighted by molar-refractivity contribution is -0.125. The Kier molecular flexibility index (Phi) is 3.43. The van der Waals surface area contributed by atoms with Gasteiger partial charge in [-0.15, -0.1) is 0 Å². The van der Waals surface area contributed by atoms with Crippen molar-refractivity contribution >= 4 is 22.9 Å². The second-order valence-corrected chi connectivity index (χ2v) is 5.03. The molecule has 2 aromatic rings. The molecule has 0 amide bonds. The number of hydrogen-bond acceptors (Lipinski definition) is 9. The molecule has 4 atom stereocenters. The average molecular weight is 309 g/mol. The number of rotatable bonds is 3. The zero-order valence-electron chi connectivity index (χ0n) is 11.6. The number of nitrogen functional groups attached to an aromatic ring is 1. The molecule has 22 heavy (non-hydrogen) atoms. The number of nitrogens with two attached hydrogens (primary N) is 1. The number of Topliss-reactive ketones (excluding diaryl/α,β-unsaturated/α-hetero) is 1. The molecule has 1 aliphatic carbocycles. The van der Waals surface area contributed by atoms with E-state index in [1.807, 2.05) is 0 Å². The van der Waals surface area contributed by atoms with E-state index in [-0.39, 0.29) is 23.0 Å². The number of ether oxygens (including phenoxy) is 1. The van der Waals surface area contributed by atoms with Gasteiger partial charge in [0.15, 0.2) is 16.9 Å². The molecule has 10 nitrogen and oxygen atoms in total. The van der Waals surface area contributed by atoms with Crippen LogP contribution in [0.1, 0.15) is 6.04 Å². The van der Waals surface area contributed by atoms with Gasteiger partial charge in [0.05, 0.1) is 32.1 Å². The van der Waals surface area contributed by atoms with Crippen LogP contribution in [0.25, 0.3) is 11.2 Å². The minimum atomic E-state index is -1.38. The van der Waals surface area contributed by atoms with Gasteiger partial charge >= 0.3 is 0 Å². The molecule has 1 fully saturated rings. The number of aliphatic hydroxyl groups is 3. The van der Waals surface area contributed by atoms with Gasteiger partial charge in [-0.2, -0.15) is 9.97 Å². The van der Waals surface area contributed by atoms with E-state index in [2.05, 4.69) is 15.0 Å². The van der Waals surface area contributed by atoms with E-state index in [4.69, 9.17) is 10.5 Å². The van der Waals surface area contributed by atoms with Crippen LogP contribution in [0.2, 0.25) is 0 Å². The van der Waals surface area contributed by atoms with Crippen LogP contribution in [0.5, 0.6) is 5.88 Å². The van der Waals surface area contributed by atoms with Crippen LogP contribution in [0.4, 0.5) is 5.95 Å². The van der Waals surface area contributed by atoms with Crippen LogP contribution < -0.4 is 10.5 Å². The summed E-state index contributed by atoms with van der Waals surface area (Å²) in [6.45, 7) is -0.555. The quantitative estimate of drug-likeness (QED) is 0.497. The highest BCUT2D eigenvalue weighted by atomic mass is 16.5. The van der Waals surface area contributed by atoms with Gasteiger partial charge in [-0.05, 0) is 0 Å². The SMILES string of the molecule is COc1nc(N)nc2c1ncn2[C@H]1C(=O)[C@H](CO)[C@@H](O)[C@H]1O. The number of ketones is 1. The van der Waals surface area contributed by atoms with Gasteiger partial charge < -0.3 is 30.4 Å². The third-order valence-corrected chi connectivity index (χ3v) is 3.84. The summed E-state index contributed by atoms with van der Waals surface area (Å²) in [4.78, 5) is 24.3. The maximum absolute atomic E-state index is 12.3. The number of carbonyl (C=O) groups excluding carboxylic acids is 1. The first-order valence-electron chi connectivity index (χ1n) is 6.54. The number of carbonyl (C=O) groups is 1. The van der Waals surface area contributed by atoms with Gasteiger partial charge in [-0.25, -0.2) is 4.98 Å². The summed E-state index contributed by atoms with van der Waals surface area (Å²) in [5.41, 5.74) is 6.07. The maximum atomic E-state index is 12.3. The van der Waals surface area contributed by atoms with Gasteiger partial charge in [-0.1, -0.05) is 0 Å². The number of hydrogen-bond donors (Lipinski definition) is 4. The van der Waals surface area contributed by atoms with E-state index in [0.717, 1.165) is 0 Å². The minimum Gasteiger partial charge on any atom is -0.479 e. The minimum absolute atomic E-state index is 0.0784. The molecule has 0 unspecified atom stereocenters. The highest BCUT2D eigenvalue weighted by Gasteiger charge is 2.49. The van der Waals surface area contributed by atoms with Crippen molar-refractivity contribution in [3.8, 4) is 5.88 Å². The molecular formula is C12H15N5O5. The molecule has 3 rings (SSSR count). The highest BCUT2D eigenvalue weighted by molar-refractivity contribution is 5.91. The molecular weight excluding hydrogens is 294 g/mol. The van der Waals surface area contributed by atoms with Crippen molar-refractivity contribution in [1.82, 2.24) is 19.5 Å². The molecule has 0 saturated heterocycles. The smallest absolute Gasteiger partial charge is 0.246 e. The fourth-order valence-electron chi connectivity index (χ4n) is 2.73. The van der Waals surface area contributed by atoms with E-state index in [1.165, 1.54) is 18.0 Å². The zero-order valence-corrected chi connectivity index (χ0v) is 11.6. The molecule has 2 aromatic heterocycles. The molecule has 1 saturated carbocycles. The molecule has 2 heterocycles. The largest absolute Gasteiger partial charge is 0.479 e. The van der Waals surface area contributed by atoms with Crippen LogP contribution in [0.15, 0.2) is 6.33 Å². The molecule has 10 heteroatoms. The van der Waals surface area contributed by atoms with Crippen molar-refractivity contribution in [3.05, 3.63) is 6.33 Å². The summed E-state index contributed by atoms with van der Waals surface area (Å²) in [5.74, 6) is -1.50. The number of anilines is 1. The Morgan fingerprint density at radius 2 is 2.09 bits per heavy atom. The molecule has 118 valence electrons. The molecule has 0 radical (unpaired) electrons. The van der Waals surface area contributed by atoms with Crippen molar-refractivity contribution in [3.63, 3.8) is 0 Å². The number of nitrogens with zero attached hydrogens (tertiary/aromatic N) is 4. The Hall–Kier alpha value is -2.30. The third kappa shape index (κ3) is 1.92. The van der Waals surface area contributed by atoms with Crippen LogP contribution >= 0.6 is 0 Å². The number of aliphatic hydroxyl groups excluding tert-OH is 3. The normalized spacial score (nSPS) is 28.5. The highest BCUT2D eigenvalue weighted by Crippen LogP contribution is 2.34. The Morgan fingerprint density at radius 1 is 1.36 bits per heavy atom. The second kappa shape index (κ2) is 5.16. The monoisotopic (exact) mass is 309 g/mol. The van der Waals surface area contributed by atoms with E-state index >= 15 is 0 Å². The van der Waals surface area contributed by atoms with Crippen LogP contribution in [-0.2, 0) is 4.79 Å². The lowest BCUT2D eigenvalue weighted by atomic mass is 10.1. The van der Waals surface area contributed by atoms with Crippen LogP contribution in [-0.4, -0.2) is 66.5 Å².